The van der Waals surface area contributed by atoms with Crippen LogP contribution in [0.25, 0.3) is 0 Å². The molecular weight excluding hydrogens is 186 g/mol. The summed E-state index contributed by atoms with van der Waals surface area (Å²) in [6.07, 6.45) is 0.859. The van der Waals surface area contributed by atoms with E-state index < -0.39 is 0 Å². The summed E-state index contributed by atoms with van der Waals surface area (Å²) in [5.74, 6) is 0. The summed E-state index contributed by atoms with van der Waals surface area (Å²) in [6, 6.07) is 10.4. The van der Waals surface area contributed by atoms with E-state index in [-0.39, 0.29) is 0 Å². The highest BCUT2D eigenvalue weighted by molar-refractivity contribution is 5.27. The molecule has 3 N–H and O–H groups in total. The monoisotopic (exact) mass is 201 g/mol. The van der Waals surface area contributed by atoms with Crippen molar-refractivity contribution in [3.8, 4) is 0 Å². The average molecular weight is 201 g/mol. The van der Waals surface area contributed by atoms with Gasteiger partial charge < -0.3 is 5.73 Å². The van der Waals surface area contributed by atoms with Crippen LogP contribution in [0.5, 0.6) is 0 Å². The van der Waals surface area contributed by atoms with Gasteiger partial charge in [0.15, 0.2) is 0 Å². The van der Waals surface area contributed by atoms with E-state index in [9.17, 15) is 0 Å². The maximum absolute atomic E-state index is 5.59. The normalized spacial score (nSPS) is 10.5. The minimum atomic E-state index is 0.591. The van der Waals surface area contributed by atoms with Gasteiger partial charge in [-0.3, -0.25) is 5.10 Å². The molecule has 1 aromatic heterocycles. The molecule has 0 atom stereocenters. The molecule has 15 heavy (non-hydrogen) atoms. The topological polar surface area (TPSA) is 54.7 Å². The Hall–Kier alpha value is -1.61. The highest BCUT2D eigenvalue weighted by atomic mass is 15.1. The van der Waals surface area contributed by atoms with E-state index in [1.165, 1.54) is 11.1 Å². The van der Waals surface area contributed by atoms with Crippen molar-refractivity contribution in [3.05, 3.63) is 52.8 Å². The van der Waals surface area contributed by atoms with Crippen molar-refractivity contribution < 1.29 is 0 Å². The van der Waals surface area contributed by atoms with Crippen LogP contribution >= 0.6 is 0 Å². The summed E-state index contributed by atoms with van der Waals surface area (Å²) >= 11 is 0. The largest absolute Gasteiger partial charge is 0.326 e. The summed E-state index contributed by atoms with van der Waals surface area (Å²) in [4.78, 5) is 0. The smallest absolute Gasteiger partial charge is 0.0668 e. The number of nitrogens with one attached hydrogen (secondary N) is 1. The van der Waals surface area contributed by atoms with Gasteiger partial charge in [0.1, 0.15) is 0 Å². The van der Waals surface area contributed by atoms with Gasteiger partial charge in [0, 0.05) is 18.7 Å². The van der Waals surface area contributed by atoms with Crippen LogP contribution in [0.4, 0.5) is 0 Å². The zero-order chi connectivity index (χ0) is 10.7. The molecule has 0 saturated heterocycles. The van der Waals surface area contributed by atoms with Crippen molar-refractivity contribution >= 4 is 0 Å². The number of aromatic amines is 1. The van der Waals surface area contributed by atoms with Crippen molar-refractivity contribution in [1.29, 1.82) is 0 Å². The number of benzene rings is 1. The third kappa shape index (κ3) is 2.44. The summed E-state index contributed by atoms with van der Waals surface area (Å²) < 4.78 is 0. The number of H-pyrrole nitrogens is 1. The molecule has 0 amide bonds. The second-order valence-corrected chi connectivity index (χ2v) is 3.74. The van der Waals surface area contributed by atoms with Crippen LogP contribution in [-0.4, -0.2) is 10.2 Å². The molecule has 0 bridgehead atoms. The third-order valence-electron chi connectivity index (χ3n) is 2.37. The molecule has 78 valence electrons. The third-order valence-corrected chi connectivity index (χ3v) is 2.37. The van der Waals surface area contributed by atoms with Crippen LogP contribution in [0, 0.1) is 6.92 Å². The minimum absolute atomic E-state index is 0.591. The van der Waals surface area contributed by atoms with Gasteiger partial charge in [0.05, 0.1) is 5.69 Å². The quantitative estimate of drug-likeness (QED) is 0.795. The van der Waals surface area contributed by atoms with Crippen LogP contribution in [0.1, 0.15) is 22.5 Å². The number of aromatic nitrogens is 2. The van der Waals surface area contributed by atoms with Gasteiger partial charge in [-0.15, -0.1) is 0 Å². The van der Waals surface area contributed by atoms with E-state index in [4.69, 9.17) is 5.73 Å². The summed E-state index contributed by atoms with van der Waals surface area (Å²) in [7, 11) is 0. The van der Waals surface area contributed by atoms with Crippen molar-refractivity contribution in [1.82, 2.24) is 10.2 Å². The fraction of sp³-hybridized carbons (Fsp3) is 0.250. The van der Waals surface area contributed by atoms with E-state index in [1.807, 2.05) is 19.1 Å². The number of hydrogen-bond donors (Lipinski definition) is 2. The fourth-order valence-corrected chi connectivity index (χ4v) is 1.64. The first-order chi connectivity index (χ1) is 7.28. The molecule has 3 nitrogen and oxygen atoms in total. The molecule has 0 unspecified atom stereocenters. The van der Waals surface area contributed by atoms with Gasteiger partial charge in [-0.1, -0.05) is 24.3 Å². The molecule has 0 spiro atoms. The number of nitrogens with zero attached hydrogens (tertiary/aromatic N) is 1. The molecule has 1 heterocycles. The molecule has 0 aliphatic heterocycles. The standard InChI is InChI=1S/C12H15N3/c1-9-5-12(15-14-9)7-10-3-2-4-11(6-10)8-13/h2-6H,7-8,13H2,1H3,(H,14,15). The van der Waals surface area contributed by atoms with E-state index in [0.29, 0.717) is 6.54 Å². The van der Waals surface area contributed by atoms with Gasteiger partial charge >= 0.3 is 0 Å². The number of nitrogens with two attached hydrogens (primary N) is 1. The van der Waals surface area contributed by atoms with Crippen molar-refractivity contribution in [3.63, 3.8) is 0 Å². The van der Waals surface area contributed by atoms with Gasteiger partial charge in [0.2, 0.25) is 0 Å². The van der Waals surface area contributed by atoms with Crippen LogP contribution in [0.3, 0.4) is 0 Å². The molecule has 0 fully saturated rings. The lowest BCUT2D eigenvalue weighted by atomic mass is 10.1. The lowest BCUT2D eigenvalue weighted by molar-refractivity contribution is 0.975. The Balaban J connectivity index is 2.16. The van der Waals surface area contributed by atoms with Crippen molar-refractivity contribution in [2.45, 2.75) is 19.9 Å². The Bertz CT molecular complexity index is 446. The number of aryl methyl sites for hydroxylation is 1. The molecule has 0 aliphatic carbocycles. The zero-order valence-electron chi connectivity index (χ0n) is 8.83. The second-order valence-electron chi connectivity index (χ2n) is 3.74. The lowest BCUT2D eigenvalue weighted by Crippen LogP contribution is -1.97. The van der Waals surface area contributed by atoms with Gasteiger partial charge in [-0.2, -0.15) is 5.10 Å². The van der Waals surface area contributed by atoms with Gasteiger partial charge in [-0.05, 0) is 24.1 Å². The first-order valence-electron chi connectivity index (χ1n) is 5.06. The van der Waals surface area contributed by atoms with Gasteiger partial charge in [0.25, 0.3) is 0 Å². The summed E-state index contributed by atoms with van der Waals surface area (Å²) in [6.45, 7) is 2.60. The van der Waals surface area contributed by atoms with Crippen LogP contribution in [0.2, 0.25) is 0 Å². The van der Waals surface area contributed by atoms with E-state index >= 15 is 0 Å². The van der Waals surface area contributed by atoms with E-state index in [1.54, 1.807) is 0 Å². The first kappa shape index (κ1) is 9.93. The molecule has 0 radical (unpaired) electrons. The maximum Gasteiger partial charge on any atom is 0.0668 e. The maximum atomic E-state index is 5.59. The number of rotatable bonds is 3. The van der Waals surface area contributed by atoms with E-state index in [0.717, 1.165) is 17.8 Å². The van der Waals surface area contributed by atoms with Gasteiger partial charge in [-0.25, -0.2) is 0 Å². The SMILES string of the molecule is Cc1cc(Cc2cccc(CN)c2)n[nH]1. The lowest BCUT2D eigenvalue weighted by Gasteiger charge is -2.01. The Morgan fingerprint density at radius 3 is 2.73 bits per heavy atom. The Kier molecular flexibility index (Phi) is 2.83. The molecule has 3 heteroatoms. The molecule has 2 aromatic rings. The van der Waals surface area contributed by atoms with Crippen LogP contribution < -0.4 is 5.73 Å². The zero-order valence-corrected chi connectivity index (χ0v) is 8.83. The highest BCUT2D eigenvalue weighted by Crippen LogP contribution is 2.10. The molecule has 2 rings (SSSR count). The Morgan fingerprint density at radius 2 is 2.07 bits per heavy atom. The summed E-state index contributed by atoms with van der Waals surface area (Å²) in [5, 5.41) is 7.15. The predicted octanol–water partition coefficient (Wildman–Crippen LogP) is 1.77. The Labute approximate surface area is 89.3 Å². The van der Waals surface area contributed by atoms with Crippen molar-refractivity contribution in [2.75, 3.05) is 0 Å². The minimum Gasteiger partial charge on any atom is -0.326 e. The van der Waals surface area contributed by atoms with Crippen LogP contribution in [-0.2, 0) is 13.0 Å². The highest BCUT2D eigenvalue weighted by Gasteiger charge is 2.00. The number of hydrogen-bond acceptors (Lipinski definition) is 2. The first-order valence-corrected chi connectivity index (χ1v) is 5.06. The second kappa shape index (κ2) is 4.28. The predicted molar refractivity (Wildman–Crippen MR) is 60.5 cm³/mol. The molecular formula is C12H15N3. The molecule has 0 aliphatic rings. The van der Waals surface area contributed by atoms with Crippen molar-refractivity contribution in [2.24, 2.45) is 5.73 Å². The van der Waals surface area contributed by atoms with Crippen LogP contribution in [0.15, 0.2) is 30.3 Å². The average Bonchev–Trinajstić information content (AvgIpc) is 2.64. The summed E-state index contributed by atoms with van der Waals surface area (Å²) in [5.41, 5.74) is 10.2. The fourth-order valence-electron chi connectivity index (χ4n) is 1.64. The molecule has 1 aromatic carbocycles. The Morgan fingerprint density at radius 1 is 1.27 bits per heavy atom. The van der Waals surface area contributed by atoms with E-state index in [2.05, 4.69) is 28.4 Å². The molecule has 0 saturated carbocycles.